The molecule has 0 bridgehead atoms. The van der Waals surface area contributed by atoms with Gasteiger partial charge in [-0.05, 0) is 32.6 Å². The Bertz CT molecular complexity index is 643. The summed E-state index contributed by atoms with van der Waals surface area (Å²) in [6, 6.07) is 0. The number of fused-ring (bicyclic) bond motifs is 1. The second kappa shape index (κ2) is 8.82. The van der Waals surface area contributed by atoms with Crippen molar-refractivity contribution in [2.45, 2.75) is 104 Å². The van der Waals surface area contributed by atoms with E-state index < -0.39 is 42.0 Å². The molecule has 2 aliphatic rings. The molecular weight excluding hydrogens is 376 g/mol. The van der Waals surface area contributed by atoms with Gasteiger partial charge < -0.3 is 19.7 Å². The lowest BCUT2D eigenvalue weighted by Gasteiger charge is -2.34. The number of epoxide rings is 1. The van der Waals surface area contributed by atoms with E-state index in [1.54, 1.807) is 20.8 Å². The van der Waals surface area contributed by atoms with Crippen LogP contribution < -0.4 is 0 Å². The highest BCUT2D eigenvalue weighted by Gasteiger charge is 2.53. The van der Waals surface area contributed by atoms with Crippen LogP contribution in [0.5, 0.6) is 0 Å². The Morgan fingerprint density at radius 3 is 2.34 bits per heavy atom. The Balaban J connectivity index is 2.24. The van der Waals surface area contributed by atoms with Crippen LogP contribution in [0.15, 0.2) is 0 Å². The predicted molar refractivity (Wildman–Crippen MR) is 106 cm³/mol. The molecule has 0 aromatic carbocycles. The number of esters is 1. The molecule has 2 saturated heterocycles. The van der Waals surface area contributed by atoms with Crippen molar-refractivity contribution in [3.8, 4) is 0 Å². The van der Waals surface area contributed by atoms with Crippen molar-refractivity contribution in [1.82, 2.24) is 0 Å². The highest BCUT2D eigenvalue weighted by atomic mass is 16.6. The maximum atomic E-state index is 13.0. The monoisotopic (exact) mass is 412 g/mol. The molecule has 7 heteroatoms. The number of hydrogen-bond acceptors (Lipinski definition) is 7. The Morgan fingerprint density at radius 1 is 1.14 bits per heavy atom. The van der Waals surface area contributed by atoms with Gasteiger partial charge in [-0.2, -0.15) is 0 Å². The van der Waals surface area contributed by atoms with Gasteiger partial charge in [-0.15, -0.1) is 0 Å². The fraction of sp³-hybridized carbons (Fsp3) is 0.864. The molecule has 166 valence electrons. The molecule has 0 spiro atoms. The van der Waals surface area contributed by atoms with E-state index in [9.17, 15) is 24.6 Å². The molecule has 0 aromatic heterocycles. The summed E-state index contributed by atoms with van der Waals surface area (Å²) in [5.41, 5.74) is -1.61. The van der Waals surface area contributed by atoms with E-state index in [2.05, 4.69) is 0 Å². The third-order valence-electron chi connectivity index (χ3n) is 6.86. The number of carbonyl (C=O) groups excluding carboxylic acids is 3. The largest absolute Gasteiger partial charge is 0.454 e. The number of carbonyl (C=O) groups is 3. The summed E-state index contributed by atoms with van der Waals surface area (Å²) in [6.45, 7) is 10.0. The Labute approximate surface area is 173 Å². The third-order valence-corrected chi connectivity index (χ3v) is 6.86. The van der Waals surface area contributed by atoms with Gasteiger partial charge >= 0.3 is 5.97 Å². The first-order valence-corrected chi connectivity index (χ1v) is 10.6. The second-order valence-electron chi connectivity index (χ2n) is 9.70. The van der Waals surface area contributed by atoms with Gasteiger partial charge in [0.2, 0.25) is 0 Å². The zero-order chi connectivity index (χ0) is 22.1. The van der Waals surface area contributed by atoms with Crippen molar-refractivity contribution in [1.29, 1.82) is 0 Å². The van der Waals surface area contributed by atoms with Gasteiger partial charge in [-0.1, -0.05) is 34.1 Å². The molecule has 2 N–H and O–H groups in total. The van der Waals surface area contributed by atoms with E-state index in [1.165, 1.54) is 6.92 Å². The van der Waals surface area contributed by atoms with Gasteiger partial charge in [-0.25, -0.2) is 0 Å². The average Bonchev–Trinajstić information content (AvgIpc) is 3.27. The van der Waals surface area contributed by atoms with Crippen molar-refractivity contribution in [3.63, 3.8) is 0 Å². The molecule has 0 saturated carbocycles. The van der Waals surface area contributed by atoms with Gasteiger partial charge in [0.05, 0.1) is 35.7 Å². The van der Waals surface area contributed by atoms with Crippen molar-refractivity contribution in [2.24, 2.45) is 17.3 Å². The number of cyclic esters (lactones) is 1. The summed E-state index contributed by atoms with van der Waals surface area (Å²) < 4.78 is 11.1. The first kappa shape index (κ1) is 24.0. The Hall–Kier alpha value is -1.31. The Kier molecular flexibility index (Phi) is 7.29. The lowest BCUT2D eigenvalue weighted by atomic mass is 9.73. The van der Waals surface area contributed by atoms with Crippen LogP contribution in [0.1, 0.15) is 73.6 Å². The summed E-state index contributed by atoms with van der Waals surface area (Å²) in [4.78, 5) is 37.3. The molecule has 0 radical (unpaired) electrons. The molecule has 0 aromatic rings. The summed E-state index contributed by atoms with van der Waals surface area (Å²) in [5.74, 6) is -2.07. The minimum absolute atomic E-state index is 0.0921. The summed E-state index contributed by atoms with van der Waals surface area (Å²) in [7, 11) is 0. The zero-order valence-corrected chi connectivity index (χ0v) is 18.4. The fourth-order valence-electron chi connectivity index (χ4n) is 4.26. The van der Waals surface area contributed by atoms with Gasteiger partial charge in [0, 0.05) is 12.3 Å². The number of aliphatic hydroxyl groups is 2. The molecule has 0 amide bonds. The van der Waals surface area contributed by atoms with Crippen LogP contribution in [0.3, 0.4) is 0 Å². The van der Waals surface area contributed by atoms with Crippen LogP contribution in [-0.2, 0) is 23.9 Å². The molecule has 2 rings (SSSR count). The molecule has 0 aliphatic carbocycles. The van der Waals surface area contributed by atoms with E-state index in [0.717, 1.165) is 19.3 Å². The minimum Gasteiger partial charge on any atom is -0.454 e. The maximum absolute atomic E-state index is 13.0. The minimum atomic E-state index is -1.28. The molecule has 2 aliphatic heterocycles. The van der Waals surface area contributed by atoms with Crippen molar-refractivity contribution in [2.75, 3.05) is 0 Å². The summed E-state index contributed by atoms with van der Waals surface area (Å²) in [5, 5.41) is 21.2. The average molecular weight is 413 g/mol. The number of ether oxygens (including phenoxy) is 2. The summed E-state index contributed by atoms with van der Waals surface area (Å²) >= 11 is 0. The van der Waals surface area contributed by atoms with Crippen LogP contribution in [0.2, 0.25) is 0 Å². The fourth-order valence-corrected chi connectivity index (χ4v) is 4.26. The van der Waals surface area contributed by atoms with Crippen LogP contribution in [-0.4, -0.2) is 57.8 Å². The zero-order valence-electron chi connectivity index (χ0n) is 18.4. The van der Waals surface area contributed by atoms with Crippen LogP contribution >= 0.6 is 0 Å². The molecule has 2 fully saturated rings. The van der Waals surface area contributed by atoms with Crippen molar-refractivity contribution in [3.05, 3.63) is 0 Å². The first-order valence-electron chi connectivity index (χ1n) is 10.6. The lowest BCUT2D eigenvalue weighted by Crippen LogP contribution is -2.46. The van der Waals surface area contributed by atoms with Gasteiger partial charge in [0.1, 0.15) is 5.78 Å². The standard InChI is InChI=1S/C22H36O7/c1-12-8-7-9-22(6)17(29-22)10-15(14(3)23)28-18(25)11-16(24)21(4,5)20(27)13(2)19(12)26/h12-13,15-17,19,24,26H,7-11H2,1-6H3/t12?,13-,15+,16+,17+,19+,22-/m1/s1. The topological polar surface area (TPSA) is 113 Å². The smallest absolute Gasteiger partial charge is 0.309 e. The lowest BCUT2D eigenvalue weighted by molar-refractivity contribution is -0.160. The number of aliphatic hydroxyl groups excluding tert-OH is 2. The van der Waals surface area contributed by atoms with Crippen molar-refractivity contribution < 1.29 is 34.1 Å². The third kappa shape index (κ3) is 5.44. The number of ketones is 2. The van der Waals surface area contributed by atoms with Crippen molar-refractivity contribution >= 4 is 17.5 Å². The van der Waals surface area contributed by atoms with Crippen LogP contribution in [0.25, 0.3) is 0 Å². The van der Waals surface area contributed by atoms with Gasteiger partial charge in [0.15, 0.2) is 11.9 Å². The summed E-state index contributed by atoms with van der Waals surface area (Å²) in [6.07, 6.45) is -1.02. The van der Waals surface area contributed by atoms with E-state index in [1.807, 2.05) is 13.8 Å². The Morgan fingerprint density at radius 2 is 1.76 bits per heavy atom. The SMILES string of the molecule is CC(=O)[C@@H]1C[C@@H]2O[C@]2(C)CCCC(C)[C@H](O)[C@@H](C)C(=O)C(C)(C)[C@@H](O)CC(=O)O1. The molecular formula is C22H36O7. The van der Waals surface area contributed by atoms with E-state index in [4.69, 9.17) is 9.47 Å². The van der Waals surface area contributed by atoms with Gasteiger partial charge in [-0.3, -0.25) is 14.4 Å². The number of Topliss-reactive ketones (excluding diaryl/α,β-unsaturated/α-hetero) is 2. The van der Waals surface area contributed by atoms with Crippen LogP contribution in [0, 0.1) is 17.3 Å². The van der Waals surface area contributed by atoms with Gasteiger partial charge in [0.25, 0.3) is 0 Å². The van der Waals surface area contributed by atoms with E-state index in [-0.39, 0.29) is 35.6 Å². The normalized spacial score (nSPS) is 41.9. The predicted octanol–water partition coefficient (Wildman–Crippen LogP) is 2.20. The first-order chi connectivity index (χ1) is 13.3. The molecule has 2 heterocycles. The van der Waals surface area contributed by atoms with Crippen LogP contribution in [0.4, 0.5) is 0 Å². The highest BCUT2D eigenvalue weighted by molar-refractivity contribution is 5.88. The second-order valence-corrected chi connectivity index (χ2v) is 9.70. The van der Waals surface area contributed by atoms with E-state index in [0.29, 0.717) is 0 Å². The molecule has 7 nitrogen and oxygen atoms in total. The molecule has 1 unspecified atom stereocenters. The quantitative estimate of drug-likeness (QED) is 0.501. The molecule has 7 atom stereocenters. The number of hydrogen-bond donors (Lipinski definition) is 2. The number of rotatable bonds is 1. The van der Waals surface area contributed by atoms with E-state index >= 15 is 0 Å². The highest BCUT2D eigenvalue weighted by Crippen LogP contribution is 2.44. The maximum Gasteiger partial charge on any atom is 0.309 e. The molecule has 29 heavy (non-hydrogen) atoms.